The summed E-state index contributed by atoms with van der Waals surface area (Å²) in [6.45, 7) is 1.77. The summed E-state index contributed by atoms with van der Waals surface area (Å²) in [7, 11) is 0. The zero-order valence-corrected chi connectivity index (χ0v) is 14.5. The number of hydrogen-bond acceptors (Lipinski definition) is 4. The van der Waals surface area contributed by atoms with E-state index in [1.54, 1.807) is 23.6 Å². The van der Waals surface area contributed by atoms with E-state index in [0.717, 1.165) is 4.88 Å². The van der Waals surface area contributed by atoms with Gasteiger partial charge in [-0.2, -0.15) is 5.10 Å². The molecule has 2 aromatic heterocycles. The number of rotatable bonds is 4. The Bertz CT molecular complexity index is 885. The predicted octanol–water partition coefficient (Wildman–Crippen LogP) is 4.52. The third-order valence-corrected chi connectivity index (χ3v) is 4.83. The van der Waals surface area contributed by atoms with Crippen LogP contribution in [0.4, 0.5) is 5.69 Å². The lowest BCUT2D eigenvalue weighted by atomic mass is 10.2. The molecule has 8 heteroatoms. The first-order chi connectivity index (χ1) is 11.1. The normalized spacial score (nSPS) is 12.1. The van der Waals surface area contributed by atoms with Crippen molar-refractivity contribution in [2.75, 3.05) is 5.32 Å². The number of nitrogens with zero attached hydrogens (tertiary/aromatic N) is 2. The van der Waals surface area contributed by atoms with Crippen LogP contribution < -0.4 is 5.32 Å². The van der Waals surface area contributed by atoms with Gasteiger partial charge in [0, 0.05) is 0 Å². The highest BCUT2D eigenvalue weighted by Gasteiger charge is 2.21. The van der Waals surface area contributed by atoms with Crippen molar-refractivity contribution < 1.29 is 4.79 Å². The topological polar surface area (TPSA) is 62.7 Å². The average Bonchev–Trinajstić information content (AvgIpc) is 3.18. The average molecular weight is 365 g/mol. The fraction of sp³-hybridized carbons (Fsp3) is 0.133. The molecule has 5 nitrogen and oxygen atoms in total. The van der Waals surface area contributed by atoms with Gasteiger partial charge in [-0.25, -0.2) is 0 Å². The van der Waals surface area contributed by atoms with Crippen LogP contribution in [0.25, 0.3) is 10.7 Å². The first kappa shape index (κ1) is 15.9. The summed E-state index contributed by atoms with van der Waals surface area (Å²) in [4.78, 5) is 13.5. The van der Waals surface area contributed by atoms with Crippen molar-refractivity contribution in [3.8, 4) is 10.7 Å². The van der Waals surface area contributed by atoms with E-state index < -0.39 is 6.04 Å². The van der Waals surface area contributed by atoms with Gasteiger partial charge in [-0.05, 0) is 42.7 Å². The van der Waals surface area contributed by atoms with Gasteiger partial charge in [-0.15, -0.1) is 11.3 Å². The second-order valence-corrected chi connectivity index (χ2v) is 6.59. The van der Waals surface area contributed by atoms with Crippen molar-refractivity contribution >= 4 is 46.8 Å². The molecule has 23 heavy (non-hydrogen) atoms. The number of amides is 1. The molecular weight excluding hydrogens is 352 g/mol. The van der Waals surface area contributed by atoms with E-state index in [2.05, 4.69) is 15.5 Å². The molecule has 1 aromatic carbocycles. The van der Waals surface area contributed by atoms with Crippen molar-refractivity contribution in [1.82, 2.24) is 14.8 Å². The molecule has 1 atom stereocenters. The summed E-state index contributed by atoms with van der Waals surface area (Å²) in [6, 6.07) is 10.4. The fourth-order valence-corrected chi connectivity index (χ4v) is 3.34. The molecule has 0 radical (unpaired) electrons. The number of halogens is 1. The third-order valence-electron chi connectivity index (χ3n) is 3.34. The quantitative estimate of drug-likeness (QED) is 0.669. The van der Waals surface area contributed by atoms with Gasteiger partial charge in [-0.3, -0.25) is 14.5 Å². The largest absolute Gasteiger partial charge is 0.323 e. The third kappa shape index (κ3) is 3.21. The van der Waals surface area contributed by atoms with Crippen LogP contribution in [0, 0.1) is 4.77 Å². The number of anilines is 1. The van der Waals surface area contributed by atoms with Crippen LogP contribution in [0.1, 0.15) is 13.0 Å². The number of hydrogen-bond donors (Lipinski definition) is 2. The summed E-state index contributed by atoms with van der Waals surface area (Å²) >= 11 is 12.9. The van der Waals surface area contributed by atoms with Crippen LogP contribution in [-0.4, -0.2) is 20.7 Å². The zero-order chi connectivity index (χ0) is 16.4. The lowest BCUT2D eigenvalue weighted by Gasteiger charge is -2.15. The first-order valence-corrected chi connectivity index (χ1v) is 8.50. The SMILES string of the molecule is C[C@H](C(=O)Nc1ccccc1Cl)n1c(-c2cccs2)n[nH]c1=S. The van der Waals surface area contributed by atoms with Crippen molar-refractivity contribution in [2.45, 2.75) is 13.0 Å². The molecule has 3 aromatic rings. The Morgan fingerprint density at radius 3 is 2.87 bits per heavy atom. The van der Waals surface area contributed by atoms with E-state index in [1.807, 2.05) is 29.6 Å². The van der Waals surface area contributed by atoms with Crippen LogP contribution in [0.15, 0.2) is 41.8 Å². The molecule has 2 N–H and O–H groups in total. The highest BCUT2D eigenvalue weighted by atomic mass is 35.5. The summed E-state index contributed by atoms with van der Waals surface area (Å²) in [6.07, 6.45) is 0. The van der Waals surface area contributed by atoms with Crippen molar-refractivity contribution in [3.63, 3.8) is 0 Å². The molecule has 0 aliphatic rings. The molecule has 1 amide bonds. The molecule has 0 aliphatic heterocycles. The molecular formula is C15H13ClN4OS2. The van der Waals surface area contributed by atoms with E-state index >= 15 is 0 Å². The number of aromatic amines is 1. The Hall–Kier alpha value is -1.96. The minimum atomic E-state index is -0.533. The molecule has 0 saturated carbocycles. The summed E-state index contributed by atoms with van der Waals surface area (Å²) in [5.74, 6) is 0.431. The minimum Gasteiger partial charge on any atom is -0.323 e. The lowest BCUT2D eigenvalue weighted by molar-refractivity contribution is -0.118. The van der Waals surface area contributed by atoms with Crippen molar-refractivity contribution in [1.29, 1.82) is 0 Å². The van der Waals surface area contributed by atoms with Crippen LogP contribution >= 0.6 is 35.2 Å². The van der Waals surface area contributed by atoms with Gasteiger partial charge >= 0.3 is 0 Å². The molecule has 0 bridgehead atoms. The van der Waals surface area contributed by atoms with Crippen LogP contribution in [0.3, 0.4) is 0 Å². The van der Waals surface area contributed by atoms with Crippen LogP contribution in [0.5, 0.6) is 0 Å². The monoisotopic (exact) mass is 364 g/mol. The van der Waals surface area contributed by atoms with Crippen molar-refractivity contribution in [2.24, 2.45) is 0 Å². The van der Waals surface area contributed by atoms with E-state index in [9.17, 15) is 4.79 Å². The van der Waals surface area contributed by atoms with Gasteiger partial charge in [0.1, 0.15) is 6.04 Å². The Balaban J connectivity index is 1.90. The number of benzene rings is 1. The minimum absolute atomic E-state index is 0.214. The molecule has 0 aliphatic carbocycles. The number of thiophene rings is 1. The zero-order valence-electron chi connectivity index (χ0n) is 12.1. The first-order valence-electron chi connectivity index (χ1n) is 6.84. The van der Waals surface area contributed by atoms with E-state index in [1.165, 1.54) is 11.3 Å². The molecule has 0 fully saturated rings. The van der Waals surface area contributed by atoms with Crippen LogP contribution in [-0.2, 0) is 4.79 Å². The molecule has 0 saturated heterocycles. The second kappa shape index (κ2) is 6.66. The van der Waals surface area contributed by atoms with Gasteiger partial charge in [0.25, 0.3) is 0 Å². The fourth-order valence-electron chi connectivity index (χ4n) is 2.16. The number of H-pyrrole nitrogens is 1. The second-order valence-electron chi connectivity index (χ2n) is 4.84. The summed E-state index contributed by atoms with van der Waals surface area (Å²) in [5.41, 5.74) is 0.568. The number of carbonyl (C=O) groups excluding carboxylic acids is 1. The van der Waals surface area contributed by atoms with Gasteiger partial charge in [0.2, 0.25) is 5.91 Å². The van der Waals surface area contributed by atoms with E-state index in [0.29, 0.717) is 21.3 Å². The summed E-state index contributed by atoms with van der Waals surface area (Å²) in [5, 5.41) is 12.2. The number of nitrogens with one attached hydrogen (secondary N) is 2. The molecule has 2 heterocycles. The summed E-state index contributed by atoms with van der Waals surface area (Å²) < 4.78 is 2.10. The van der Waals surface area contributed by atoms with E-state index in [-0.39, 0.29) is 5.91 Å². The highest BCUT2D eigenvalue weighted by Crippen LogP contribution is 2.27. The molecule has 0 spiro atoms. The lowest BCUT2D eigenvalue weighted by Crippen LogP contribution is -2.24. The maximum Gasteiger partial charge on any atom is 0.247 e. The molecule has 118 valence electrons. The van der Waals surface area contributed by atoms with Gasteiger partial charge in [0.15, 0.2) is 10.6 Å². The maximum atomic E-state index is 12.6. The highest BCUT2D eigenvalue weighted by molar-refractivity contribution is 7.71. The van der Waals surface area contributed by atoms with Gasteiger partial charge < -0.3 is 5.32 Å². The van der Waals surface area contributed by atoms with Gasteiger partial charge in [-0.1, -0.05) is 29.8 Å². The Morgan fingerprint density at radius 2 is 2.17 bits per heavy atom. The molecule has 3 rings (SSSR count). The smallest absolute Gasteiger partial charge is 0.247 e. The molecule has 0 unspecified atom stereocenters. The Kier molecular flexibility index (Phi) is 4.61. The standard InChI is InChI=1S/C15H13ClN4OS2/c1-9(14(21)17-11-6-3-2-5-10(11)16)20-13(18-19-15(20)22)12-7-4-8-23-12/h2-9H,1H3,(H,17,21)(H,19,22)/t9-/m1/s1. The van der Waals surface area contributed by atoms with Crippen molar-refractivity contribution in [3.05, 3.63) is 51.6 Å². The predicted molar refractivity (Wildman–Crippen MR) is 95.5 cm³/mol. The number of aromatic nitrogens is 3. The van der Waals surface area contributed by atoms with Crippen LogP contribution in [0.2, 0.25) is 5.02 Å². The number of carbonyl (C=O) groups is 1. The number of para-hydroxylation sites is 1. The Labute approximate surface area is 146 Å². The van der Waals surface area contributed by atoms with Gasteiger partial charge in [0.05, 0.1) is 15.6 Å². The van der Waals surface area contributed by atoms with E-state index in [4.69, 9.17) is 23.8 Å². The maximum absolute atomic E-state index is 12.6. The Morgan fingerprint density at radius 1 is 1.39 bits per heavy atom.